The van der Waals surface area contributed by atoms with E-state index in [1.54, 1.807) is 17.0 Å². The second-order valence-corrected chi connectivity index (χ2v) is 6.50. The number of oxazole rings is 1. The predicted octanol–water partition coefficient (Wildman–Crippen LogP) is 4.60. The summed E-state index contributed by atoms with van der Waals surface area (Å²) in [6.07, 6.45) is 4.08. The fourth-order valence-corrected chi connectivity index (χ4v) is 2.66. The van der Waals surface area contributed by atoms with E-state index in [1.807, 2.05) is 0 Å². The fraction of sp³-hybridized carbons (Fsp3) is 0.389. The van der Waals surface area contributed by atoms with Crippen molar-refractivity contribution in [1.82, 2.24) is 9.88 Å². The van der Waals surface area contributed by atoms with Gasteiger partial charge in [0.2, 0.25) is 5.89 Å². The van der Waals surface area contributed by atoms with E-state index in [9.17, 15) is 9.59 Å². The summed E-state index contributed by atoms with van der Waals surface area (Å²) in [6.45, 7) is 2.75. The molecular formula is C18H20Cl2N2O4. The lowest BCUT2D eigenvalue weighted by Gasteiger charge is -2.21. The lowest BCUT2D eigenvalue weighted by atomic mass is 10.1. The third-order valence-corrected chi connectivity index (χ3v) is 4.50. The molecule has 2 rings (SSSR count). The summed E-state index contributed by atoms with van der Waals surface area (Å²) in [4.78, 5) is 30.1. The number of nitrogens with zero attached hydrogens (tertiary/aromatic N) is 2. The van der Waals surface area contributed by atoms with Crippen molar-refractivity contribution in [1.29, 1.82) is 0 Å². The molecular weight excluding hydrogens is 379 g/mol. The normalized spacial score (nSPS) is 10.6. The van der Waals surface area contributed by atoms with Crippen LogP contribution >= 0.6 is 23.2 Å². The molecule has 0 spiro atoms. The third-order valence-electron chi connectivity index (χ3n) is 3.76. The van der Waals surface area contributed by atoms with Crippen LogP contribution in [-0.2, 0) is 11.3 Å². The quantitative estimate of drug-likeness (QED) is 0.479. The predicted molar refractivity (Wildman–Crippen MR) is 98.6 cm³/mol. The third kappa shape index (κ3) is 5.22. The Labute approximate surface area is 162 Å². The number of ether oxygens (including phenoxy) is 1. The Morgan fingerprint density at radius 2 is 2.00 bits per heavy atom. The first-order valence-corrected chi connectivity index (χ1v) is 8.98. The van der Waals surface area contributed by atoms with Crippen molar-refractivity contribution in [3.63, 3.8) is 0 Å². The molecule has 0 saturated carbocycles. The molecule has 0 N–H and O–H groups in total. The van der Waals surface area contributed by atoms with E-state index in [1.165, 1.54) is 19.4 Å². The number of hydrogen-bond acceptors (Lipinski definition) is 5. The van der Waals surface area contributed by atoms with E-state index in [0.29, 0.717) is 22.2 Å². The second kappa shape index (κ2) is 9.59. The molecule has 1 aromatic carbocycles. The van der Waals surface area contributed by atoms with Gasteiger partial charge < -0.3 is 14.1 Å². The lowest BCUT2D eigenvalue weighted by molar-refractivity contribution is 0.0594. The van der Waals surface area contributed by atoms with E-state index >= 15 is 0 Å². The molecule has 8 heteroatoms. The zero-order chi connectivity index (χ0) is 19.1. The van der Waals surface area contributed by atoms with Crippen LogP contribution in [0.3, 0.4) is 0 Å². The van der Waals surface area contributed by atoms with Crippen molar-refractivity contribution in [3.8, 4) is 0 Å². The number of unbranched alkanes of at least 4 members (excludes halogenated alkanes) is 2. The first-order chi connectivity index (χ1) is 12.5. The van der Waals surface area contributed by atoms with Crippen molar-refractivity contribution in [2.75, 3.05) is 13.7 Å². The topological polar surface area (TPSA) is 72.6 Å². The highest BCUT2D eigenvalue weighted by Gasteiger charge is 2.20. The molecule has 0 aliphatic rings. The van der Waals surface area contributed by atoms with E-state index in [2.05, 4.69) is 16.6 Å². The van der Waals surface area contributed by atoms with Gasteiger partial charge in [-0.2, -0.15) is 0 Å². The van der Waals surface area contributed by atoms with E-state index in [-0.39, 0.29) is 24.0 Å². The molecule has 0 unspecified atom stereocenters. The number of methoxy groups -OCH3 is 1. The summed E-state index contributed by atoms with van der Waals surface area (Å²) >= 11 is 11.9. The first-order valence-electron chi connectivity index (χ1n) is 8.23. The van der Waals surface area contributed by atoms with Gasteiger partial charge >= 0.3 is 5.97 Å². The first kappa shape index (κ1) is 20.3. The number of hydrogen-bond donors (Lipinski definition) is 0. The molecule has 1 amide bonds. The lowest BCUT2D eigenvalue weighted by Crippen LogP contribution is -2.31. The second-order valence-electron chi connectivity index (χ2n) is 5.68. The van der Waals surface area contributed by atoms with Gasteiger partial charge in [0.1, 0.15) is 6.26 Å². The molecule has 1 aromatic heterocycles. The molecule has 0 aliphatic carbocycles. The van der Waals surface area contributed by atoms with Gasteiger partial charge in [-0.25, -0.2) is 9.78 Å². The molecule has 6 nitrogen and oxygen atoms in total. The maximum absolute atomic E-state index is 12.9. The molecule has 0 aliphatic heterocycles. The van der Waals surface area contributed by atoms with E-state index in [0.717, 1.165) is 19.3 Å². The number of amides is 1. The number of esters is 1. The maximum Gasteiger partial charge on any atom is 0.360 e. The number of benzene rings is 1. The van der Waals surface area contributed by atoms with Gasteiger partial charge in [0, 0.05) is 12.1 Å². The zero-order valence-corrected chi connectivity index (χ0v) is 16.1. The molecule has 0 fully saturated rings. The van der Waals surface area contributed by atoms with Crippen LogP contribution in [0, 0.1) is 0 Å². The smallest absolute Gasteiger partial charge is 0.360 e. The SMILES string of the molecule is CCCCCN(Cc1nc(C(=O)OC)co1)C(=O)c1ccc(Cl)c(Cl)c1. The van der Waals surface area contributed by atoms with Crippen LogP contribution in [0.4, 0.5) is 0 Å². The fourth-order valence-electron chi connectivity index (χ4n) is 2.36. The van der Waals surface area contributed by atoms with Crippen molar-refractivity contribution >= 4 is 35.1 Å². The van der Waals surface area contributed by atoms with Gasteiger partial charge in [-0.05, 0) is 24.6 Å². The molecule has 0 saturated heterocycles. The Morgan fingerprint density at radius 3 is 2.65 bits per heavy atom. The van der Waals surface area contributed by atoms with Crippen molar-refractivity contribution in [3.05, 3.63) is 51.7 Å². The Bertz CT molecular complexity index is 776. The zero-order valence-electron chi connectivity index (χ0n) is 14.6. The van der Waals surface area contributed by atoms with Gasteiger partial charge in [0.15, 0.2) is 5.69 Å². The van der Waals surface area contributed by atoms with Crippen LogP contribution < -0.4 is 0 Å². The minimum Gasteiger partial charge on any atom is -0.464 e. The van der Waals surface area contributed by atoms with Crippen molar-refractivity contribution < 1.29 is 18.7 Å². The average Bonchev–Trinajstić information content (AvgIpc) is 3.10. The number of rotatable bonds is 8. The Hall–Kier alpha value is -2.05. The molecule has 2 aromatic rings. The minimum absolute atomic E-state index is 0.0676. The van der Waals surface area contributed by atoms with Crippen LogP contribution in [0.5, 0.6) is 0 Å². The van der Waals surface area contributed by atoms with E-state index < -0.39 is 5.97 Å². The highest BCUT2D eigenvalue weighted by molar-refractivity contribution is 6.42. The summed E-state index contributed by atoms with van der Waals surface area (Å²) < 4.78 is 9.91. The number of halogens is 2. The molecule has 26 heavy (non-hydrogen) atoms. The van der Waals surface area contributed by atoms with Gasteiger partial charge in [-0.3, -0.25) is 4.79 Å². The summed E-state index contributed by atoms with van der Waals surface area (Å²) in [5, 5.41) is 0.700. The van der Waals surface area contributed by atoms with Crippen LogP contribution in [0.15, 0.2) is 28.9 Å². The standard InChI is InChI=1S/C18H20Cl2N2O4/c1-3-4-5-8-22(10-16-21-15(11-26-16)18(24)25-2)17(23)12-6-7-13(19)14(20)9-12/h6-7,9,11H,3-5,8,10H2,1-2H3. The number of carbonyl (C=O) groups excluding carboxylic acids is 2. The van der Waals surface area contributed by atoms with E-state index in [4.69, 9.17) is 27.6 Å². The van der Waals surface area contributed by atoms with Crippen molar-refractivity contribution in [2.45, 2.75) is 32.7 Å². The van der Waals surface area contributed by atoms with Crippen LogP contribution in [0.1, 0.15) is 52.9 Å². The van der Waals surface area contributed by atoms with Crippen LogP contribution in [0.2, 0.25) is 10.0 Å². The summed E-state index contributed by atoms with van der Waals surface area (Å²) in [5.74, 6) is -0.541. The molecule has 0 radical (unpaired) electrons. The monoisotopic (exact) mass is 398 g/mol. The minimum atomic E-state index is -0.589. The van der Waals surface area contributed by atoms with Crippen molar-refractivity contribution in [2.24, 2.45) is 0 Å². The summed E-state index contributed by atoms with van der Waals surface area (Å²) in [7, 11) is 1.27. The number of carbonyl (C=O) groups is 2. The largest absolute Gasteiger partial charge is 0.464 e. The molecule has 140 valence electrons. The highest BCUT2D eigenvalue weighted by atomic mass is 35.5. The Morgan fingerprint density at radius 1 is 1.23 bits per heavy atom. The Kier molecular flexibility index (Phi) is 7.48. The van der Waals surface area contributed by atoms with Gasteiger partial charge in [0.25, 0.3) is 5.91 Å². The molecule has 1 heterocycles. The van der Waals surface area contributed by atoms with Crippen LogP contribution in [-0.4, -0.2) is 35.4 Å². The van der Waals surface area contributed by atoms with Crippen LogP contribution in [0.25, 0.3) is 0 Å². The van der Waals surface area contributed by atoms with Gasteiger partial charge in [-0.1, -0.05) is 43.0 Å². The Balaban J connectivity index is 2.18. The summed E-state index contributed by atoms with van der Waals surface area (Å²) in [6, 6.07) is 4.75. The van der Waals surface area contributed by atoms with Gasteiger partial charge in [-0.15, -0.1) is 0 Å². The molecule has 0 atom stereocenters. The maximum atomic E-state index is 12.9. The average molecular weight is 399 g/mol. The molecule has 0 bridgehead atoms. The summed E-state index contributed by atoms with van der Waals surface area (Å²) in [5.41, 5.74) is 0.494. The number of aromatic nitrogens is 1. The van der Waals surface area contributed by atoms with Gasteiger partial charge in [0.05, 0.1) is 23.7 Å². The highest BCUT2D eigenvalue weighted by Crippen LogP contribution is 2.24.